The van der Waals surface area contributed by atoms with Crippen LogP contribution in [0, 0.1) is 24.7 Å². The Hall–Kier alpha value is -1.79. The average molecular weight is 287 g/mol. The third kappa shape index (κ3) is 5.61. The topological polar surface area (TPSA) is 49.3 Å². The second kappa shape index (κ2) is 8.49. The van der Waals surface area contributed by atoms with Gasteiger partial charge in [0.15, 0.2) is 0 Å². The van der Waals surface area contributed by atoms with Gasteiger partial charge in [0.25, 0.3) is 5.91 Å². The van der Waals surface area contributed by atoms with Gasteiger partial charge in [-0.3, -0.25) is 4.79 Å². The number of rotatable bonds is 5. The van der Waals surface area contributed by atoms with Gasteiger partial charge in [0, 0.05) is 23.6 Å². The lowest BCUT2D eigenvalue weighted by atomic mass is 10.0. The first-order valence-corrected chi connectivity index (χ1v) is 7.46. The molecule has 0 aliphatic heterocycles. The van der Waals surface area contributed by atoms with E-state index in [1.54, 1.807) is 0 Å². The molecule has 1 amide bonds. The van der Waals surface area contributed by atoms with E-state index in [9.17, 15) is 4.79 Å². The highest BCUT2D eigenvalue weighted by molar-refractivity contribution is 5.96. The number of hydrogen-bond acceptors (Lipinski definition) is 2. The lowest BCUT2D eigenvalue weighted by molar-refractivity contribution is 0.0935. The van der Waals surface area contributed by atoms with E-state index in [0.29, 0.717) is 17.9 Å². The quantitative estimate of drug-likeness (QED) is 0.818. The van der Waals surface area contributed by atoms with Gasteiger partial charge in [-0.15, -0.1) is 0 Å². The molecule has 0 aliphatic carbocycles. The Kier molecular flexibility index (Phi) is 6.98. The second-order valence-electron chi connectivity index (χ2n) is 5.76. The van der Waals surface area contributed by atoms with Crippen molar-refractivity contribution in [3.63, 3.8) is 0 Å². The molecule has 0 spiro atoms. The Morgan fingerprint density at radius 2 is 2.05 bits per heavy atom. The number of amides is 1. The maximum Gasteiger partial charge on any atom is 0.251 e. The molecule has 0 aromatic heterocycles. The molecule has 0 heterocycles. The fraction of sp³-hybridized carbons (Fsp3) is 0.500. The van der Waals surface area contributed by atoms with E-state index in [0.717, 1.165) is 17.5 Å². The summed E-state index contributed by atoms with van der Waals surface area (Å²) >= 11 is 0. The number of hydrogen-bond donors (Lipinski definition) is 2. The molecule has 0 radical (unpaired) electrons. The zero-order valence-electron chi connectivity index (χ0n) is 13.4. The molecule has 21 heavy (non-hydrogen) atoms. The maximum atomic E-state index is 12.3. The number of carbonyl (C=O) groups excluding carboxylic acids is 1. The van der Waals surface area contributed by atoms with Crippen LogP contribution in [-0.4, -0.2) is 23.7 Å². The predicted molar refractivity (Wildman–Crippen MR) is 86.1 cm³/mol. The van der Waals surface area contributed by atoms with Crippen LogP contribution < -0.4 is 5.32 Å². The Morgan fingerprint density at radius 1 is 1.33 bits per heavy atom. The molecule has 0 fully saturated rings. The van der Waals surface area contributed by atoms with Crippen molar-refractivity contribution in [2.75, 3.05) is 6.61 Å². The molecule has 1 aromatic rings. The number of aliphatic hydroxyl groups is 1. The summed E-state index contributed by atoms with van der Waals surface area (Å²) in [6, 6.07) is 5.72. The summed E-state index contributed by atoms with van der Waals surface area (Å²) in [5.41, 5.74) is 2.39. The first kappa shape index (κ1) is 17.3. The monoisotopic (exact) mass is 287 g/mol. The van der Waals surface area contributed by atoms with Crippen LogP contribution in [0.4, 0.5) is 0 Å². The summed E-state index contributed by atoms with van der Waals surface area (Å²) < 4.78 is 0. The lowest BCUT2D eigenvalue weighted by Crippen LogP contribution is -2.34. The van der Waals surface area contributed by atoms with Gasteiger partial charge in [0.05, 0.1) is 6.61 Å². The Balaban J connectivity index is 2.86. The minimum Gasteiger partial charge on any atom is -0.395 e. The van der Waals surface area contributed by atoms with Crippen molar-refractivity contribution in [2.45, 2.75) is 46.6 Å². The molecule has 114 valence electrons. The average Bonchev–Trinajstić information content (AvgIpc) is 2.39. The minimum absolute atomic E-state index is 0.0496. The number of aliphatic hydroxyl groups excluding tert-OH is 1. The number of carbonyl (C=O) groups is 1. The van der Waals surface area contributed by atoms with Crippen molar-refractivity contribution in [3.05, 3.63) is 34.9 Å². The SMILES string of the molecule is Cc1c(C#CCCO)cccc1C(=O)NC(C)CC(C)C. The molecule has 1 aromatic carbocycles. The van der Waals surface area contributed by atoms with Crippen LogP contribution in [0.3, 0.4) is 0 Å². The van der Waals surface area contributed by atoms with Crippen molar-refractivity contribution in [1.82, 2.24) is 5.32 Å². The summed E-state index contributed by atoms with van der Waals surface area (Å²) in [4.78, 5) is 12.3. The van der Waals surface area contributed by atoms with Crippen molar-refractivity contribution >= 4 is 5.91 Å². The third-order valence-corrected chi connectivity index (χ3v) is 3.24. The van der Waals surface area contributed by atoms with Crippen LogP contribution in [-0.2, 0) is 0 Å². The molecular weight excluding hydrogens is 262 g/mol. The Bertz CT molecular complexity index is 538. The highest BCUT2D eigenvalue weighted by Crippen LogP contribution is 2.14. The highest BCUT2D eigenvalue weighted by atomic mass is 16.2. The van der Waals surface area contributed by atoms with E-state index in [-0.39, 0.29) is 18.6 Å². The Morgan fingerprint density at radius 3 is 2.67 bits per heavy atom. The van der Waals surface area contributed by atoms with Crippen LogP contribution in [0.5, 0.6) is 0 Å². The lowest BCUT2D eigenvalue weighted by Gasteiger charge is -2.17. The minimum atomic E-state index is -0.0496. The fourth-order valence-electron chi connectivity index (χ4n) is 2.30. The van der Waals surface area contributed by atoms with Gasteiger partial charge in [-0.25, -0.2) is 0 Å². The van der Waals surface area contributed by atoms with Gasteiger partial charge in [0.2, 0.25) is 0 Å². The molecule has 0 saturated carbocycles. The normalized spacial score (nSPS) is 11.7. The molecule has 3 heteroatoms. The van der Waals surface area contributed by atoms with Crippen molar-refractivity contribution < 1.29 is 9.90 Å². The van der Waals surface area contributed by atoms with E-state index in [4.69, 9.17) is 5.11 Å². The zero-order valence-corrected chi connectivity index (χ0v) is 13.4. The van der Waals surface area contributed by atoms with Crippen molar-refractivity contribution in [1.29, 1.82) is 0 Å². The standard InChI is InChI=1S/C18H25NO2/c1-13(2)12-14(3)19-18(21)17-10-7-9-16(15(17)4)8-5-6-11-20/h7,9-10,13-14,20H,6,11-12H2,1-4H3,(H,19,21). The first-order chi connectivity index (χ1) is 9.95. The number of benzene rings is 1. The summed E-state index contributed by atoms with van der Waals surface area (Å²) in [5.74, 6) is 6.40. The van der Waals surface area contributed by atoms with Crippen LogP contribution in [0.1, 0.15) is 55.1 Å². The smallest absolute Gasteiger partial charge is 0.251 e. The van der Waals surface area contributed by atoms with Gasteiger partial charge in [0.1, 0.15) is 0 Å². The molecule has 1 unspecified atom stereocenters. The van der Waals surface area contributed by atoms with Crippen molar-refractivity contribution in [2.24, 2.45) is 5.92 Å². The fourth-order valence-corrected chi connectivity index (χ4v) is 2.30. The van der Waals surface area contributed by atoms with Crippen molar-refractivity contribution in [3.8, 4) is 11.8 Å². The van der Waals surface area contributed by atoms with Gasteiger partial charge < -0.3 is 10.4 Å². The molecule has 0 saturated heterocycles. The van der Waals surface area contributed by atoms with E-state index >= 15 is 0 Å². The van der Waals surface area contributed by atoms with Crippen LogP contribution in [0.2, 0.25) is 0 Å². The highest BCUT2D eigenvalue weighted by Gasteiger charge is 2.14. The van der Waals surface area contributed by atoms with Gasteiger partial charge >= 0.3 is 0 Å². The van der Waals surface area contributed by atoms with Gasteiger partial charge in [-0.1, -0.05) is 31.8 Å². The van der Waals surface area contributed by atoms with E-state index in [1.807, 2.05) is 32.0 Å². The summed E-state index contributed by atoms with van der Waals surface area (Å²) in [7, 11) is 0. The van der Waals surface area contributed by atoms with E-state index in [1.165, 1.54) is 0 Å². The summed E-state index contributed by atoms with van der Waals surface area (Å²) in [5, 5.41) is 11.8. The van der Waals surface area contributed by atoms with E-state index < -0.39 is 0 Å². The molecule has 1 atom stereocenters. The summed E-state index contributed by atoms with van der Waals surface area (Å²) in [6.45, 7) is 8.28. The predicted octanol–water partition coefficient (Wildman–Crippen LogP) is 2.89. The Labute approximate surface area is 127 Å². The summed E-state index contributed by atoms with van der Waals surface area (Å²) in [6.07, 6.45) is 1.40. The molecule has 0 aliphatic rings. The molecular formula is C18H25NO2. The molecule has 2 N–H and O–H groups in total. The zero-order chi connectivity index (χ0) is 15.8. The largest absolute Gasteiger partial charge is 0.395 e. The number of nitrogens with one attached hydrogen (secondary N) is 1. The first-order valence-electron chi connectivity index (χ1n) is 7.46. The molecule has 0 bridgehead atoms. The molecule has 3 nitrogen and oxygen atoms in total. The van der Waals surface area contributed by atoms with Crippen LogP contribution >= 0.6 is 0 Å². The third-order valence-electron chi connectivity index (χ3n) is 3.24. The van der Waals surface area contributed by atoms with Crippen LogP contribution in [0.25, 0.3) is 0 Å². The van der Waals surface area contributed by atoms with Crippen LogP contribution in [0.15, 0.2) is 18.2 Å². The van der Waals surface area contributed by atoms with E-state index in [2.05, 4.69) is 31.0 Å². The van der Waals surface area contributed by atoms with Gasteiger partial charge in [-0.2, -0.15) is 0 Å². The molecule has 1 rings (SSSR count). The maximum absolute atomic E-state index is 12.3. The van der Waals surface area contributed by atoms with Gasteiger partial charge in [-0.05, 0) is 43.9 Å². The second-order valence-corrected chi connectivity index (χ2v) is 5.76.